The van der Waals surface area contributed by atoms with Gasteiger partial charge in [0.1, 0.15) is 29.2 Å². The monoisotopic (exact) mass is 483 g/mol. The Bertz CT molecular complexity index is 1050. The molecule has 6 nitrogen and oxygen atoms in total. The summed E-state index contributed by atoms with van der Waals surface area (Å²) in [5.41, 5.74) is 0.941. The van der Waals surface area contributed by atoms with Crippen molar-refractivity contribution in [2.24, 2.45) is 11.8 Å². The van der Waals surface area contributed by atoms with Crippen LogP contribution in [-0.4, -0.2) is 42.5 Å². The molecular formula is C27H31F2N3O3. The van der Waals surface area contributed by atoms with Crippen LogP contribution in [-0.2, 0) is 4.79 Å². The minimum absolute atomic E-state index is 0.0136. The van der Waals surface area contributed by atoms with E-state index in [2.05, 4.69) is 16.0 Å². The molecule has 35 heavy (non-hydrogen) atoms. The number of nitriles is 1. The number of carbonyl (C=O) groups excluding carboxylic acids is 1. The van der Waals surface area contributed by atoms with Crippen LogP contribution < -0.4 is 14.4 Å². The van der Waals surface area contributed by atoms with E-state index in [-0.39, 0.29) is 36.8 Å². The van der Waals surface area contributed by atoms with Gasteiger partial charge in [0, 0.05) is 38.1 Å². The molecule has 2 fully saturated rings. The summed E-state index contributed by atoms with van der Waals surface area (Å²) in [6.45, 7) is 5.33. The van der Waals surface area contributed by atoms with Crippen molar-refractivity contribution in [2.75, 3.05) is 24.6 Å². The molecule has 4 unspecified atom stereocenters. The topological polar surface area (TPSA) is 75.5 Å². The maximum Gasteiger partial charge on any atom is 0.255 e. The molecule has 0 amide bonds. The number of alkyl halides is 2. The standard InChI is InChI=1S/C27H31F2N3O3/c1-18(9-11-30)13-25(33)19(2)20-3-5-22(6-4-20)35-24-10-12-32(16-24)26-8-7-23(15-31-26)34-17-21-14-27(21,28)29/h3-8,15,18-19,21,24H,9-10,12-14,16-17H2,1-2H3. The number of carbonyl (C=O) groups is 1. The minimum Gasteiger partial charge on any atom is -0.491 e. The Morgan fingerprint density at radius 1 is 1.23 bits per heavy atom. The molecule has 1 saturated heterocycles. The van der Waals surface area contributed by atoms with Crippen molar-refractivity contribution in [3.63, 3.8) is 0 Å². The van der Waals surface area contributed by atoms with E-state index in [1.807, 2.05) is 44.2 Å². The van der Waals surface area contributed by atoms with Crippen LogP contribution in [0.25, 0.3) is 0 Å². The molecule has 4 atom stereocenters. The molecule has 1 aliphatic carbocycles. The zero-order chi connectivity index (χ0) is 25.0. The Morgan fingerprint density at radius 2 is 1.94 bits per heavy atom. The Kier molecular flexibility index (Phi) is 7.54. The van der Waals surface area contributed by atoms with Gasteiger partial charge >= 0.3 is 0 Å². The summed E-state index contributed by atoms with van der Waals surface area (Å²) in [7, 11) is 0. The second kappa shape index (κ2) is 10.6. The Balaban J connectivity index is 1.24. The first kappa shape index (κ1) is 24.9. The predicted octanol–water partition coefficient (Wildman–Crippen LogP) is 5.39. The van der Waals surface area contributed by atoms with Crippen LogP contribution in [0.15, 0.2) is 42.6 Å². The summed E-state index contributed by atoms with van der Waals surface area (Å²) in [5.74, 6) is -1.22. The molecule has 2 heterocycles. The second-order valence-corrected chi connectivity index (χ2v) is 9.73. The van der Waals surface area contributed by atoms with E-state index in [1.165, 1.54) is 0 Å². The second-order valence-electron chi connectivity index (χ2n) is 9.73. The molecule has 0 bridgehead atoms. The molecule has 0 N–H and O–H groups in total. The lowest BCUT2D eigenvalue weighted by atomic mass is 9.90. The summed E-state index contributed by atoms with van der Waals surface area (Å²) >= 11 is 0. The number of hydrogen-bond acceptors (Lipinski definition) is 6. The number of halogens is 2. The van der Waals surface area contributed by atoms with Crippen molar-refractivity contribution >= 4 is 11.6 Å². The molecule has 186 valence electrons. The number of hydrogen-bond donors (Lipinski definition) is 0. The average molecular weight is 484 g/mol. The highest BCUT2D eigenvalue weighted by molar-refractivity contribution is 5.85. The van der Waals surface area contributed by atoms with Crippen LogP contribution >= 0.6 is 0 Å². The highest BCUT2D eigenvalue weighted by atomic mass is 19.3. The highest BCUT2D eigenvalue weighted by Crippen LogP contribution is 2.48. The van der Waals surface area contributed by atoms with E-state index >= 15 is 0 Å². The Morgan fingerprint density at radius 3 is 2.57 bits per heavy atom. The molecule has 1 aliphatic heterocycles. The van der Waals surface area contributed by atoms with Crippen LogP contribution in [0.3, 0.4) is 0 Å². The molecule has 0 radical (unpaired) electrons. The highest BCUT2D eigenvalue weighted by Gasteiger charge is 2.57. The first-order valence-corrected chi connectivity index (χ1v) is 12.1. The fourth-order valence-electron chi connectivity index (χ4n) is 4.29. The first-order valence-electron chi connectivity index (χ1n) is 12.1. The maximum atomic E-state index is 13.0. The molecule has 1 aromatic heterocycles. The summed E-state index contributed by atoms with van der Waals surface area (Å²) in [6.07, 6.45) is 3.13. The van der Waals surface area contributed by atoms with Gasteiger partial charge < -0.3 is 14.4 Å². The minimum atomic E-state index is -2.58. The van der Waals surface area contributed by atoms with E-state index in [0.29, 0.717) is 25.1 Å². The van der Waals surface area contributed by atoms with Crippen molar-refractivity contribution in [3.8, 4) is 17.6 Å². The number of benzene rings is 1. The summed E-state index contributed by atoms with van der Waals surface area (Å²) < 4.78 is 37.5. The lowest BCUT2D eigenvalue weighted by Gasteiger charge is -2.19. The van der Waals surface area contributed by atoms with Crippen molar-refractivity contribution < 1.29 is 23.0 Å². The van der Waals surface area contributed by atoms with Gasteiger partial charge in [0.05, 0.1) is 31.3 Å². The molecule has 4 rings (SSSR count). The normalized spacial score (nSPS) is 22.2. The summed E-state index contributed by atoms with van der Waals surface area (Å²) in [5, 5.41) is 8.79. The number of rotatable bonds is 11. The maximum absolute atomic E-state index is 13.0. The number of nitrogens with zero attached hydrogens (tertiary/aromatic N) is 3. The number of ketones is 1. The molecule has 1 aromatic carbocycles. The van der Waals surface area contributed by atoms with Crippen LogP contribution in [0.2, 0.25) is 0 Å². The smallest absolute Gasteiger partial charge is 0.255 e. The zero-order valence-corrected chi connectivity index (χ0v) is 20.1. The van der Waals surface area contributed by atoms with Crippen LogP contribution in [0.4, 0.5) is 14.6 Å². The third kappa shape index (κ3) is 6.47. The van der Waals surface area contributed by atoms with Crippen molar-refractivity contribution in [1.29, 1.82) is 5.26 Å². The lowest BCUT2D eigenvalue weighted by molar-refractivity contribution is -0.120. The van der Waals surface area contributed by atoms with Gasteiger partial charge in [0.2, 0.25) is 0 Å². The average Bonchev–Trinajstić information content (AvgIpc) is 3.21. The summed E-state index contributed by atoms with van der Waals surface area (Å²) in [4.78, 5) is 19.0. The SMILES string of the molecule is CC(CC#N)CC(=O)C(C)c1ccc(OC2CCN(c3ccc(OCC4CC4(F)F)cn3)C2)cc1. The quantitative estimate of drug-likeness (QED) is 0.427. The first-order chi connectivity index (χ1) is 16.7. The molecule has 2 aliphatic rings. The van der Waals surface area contributed by atoms with Gasteiger partial charge in [-0.05, 0) is 35.7 Å². The van der Waals surface area contributed by atoms with E-state index in [0.717, 1.165) is 30.1 Å². The number of ether oxygens (including phenoxy) is 2. The molecule has 8 heteroatoms. The lowest BCUT2D eigenvalue weighted by Crippen LogP contribution is -2.25. The van der Waals surface area contributed by atoms with Crippen molar-refractivity contribution in [1.82, 2.24) is 4.98 Å². The summed E-state index contributed by atoms with van der Waals surface area (Å²) in [6, 6.07) is 13.4. The largest absolute Gasteiger partial charge is 0.491 e. The Labute approximate surface area is 204 Å². The Hall–Kier alpha value is -3.21. The third-order valence-electron chi connectivity index (χ3n) is 6.75. The van der Waals surface area contributed by atoms with E-state index < -0.39 is 11.8 Å². The van der Waals surface area contributed by atoms with E-state index in [4.69, 9.17) is 14.7 Å². The molecule has 1 saturated carbocycles. The number of anilines is 1. The van der Waals surface area contributed by atoms with Crippen LogP contribution in [0.1, 0.15) is 51.0 Å². The fraction of sp³-hybridized carbons (Fsp3) is 0.519. The van der Waals surface area contributed by atoms with E-state index in [9.17, 15) is 13.6 Å². The number of aromatic nitrogens is 1. The van der Waals surface area contributed by atoms with Crippen LogP contribution in [0, 0.1) is 23.2 Å². The number of pyridine rings is 1. The van der Waals surface area contributed by atoms with Gasteiger partial charge in [-0.1, -0.05) is 26.0 Å². The molecule has 2 aromatic rings. The van der Waals surface area contributed by atoms with Crippen molar-refractivity contribution in [3.05, 3.63) is 48.2 Å². The van der Waals surface area contributed by atoms with Gasteiger partial charge in [-0.25, -0.2) is 13.8 Å². The molecular weight excluding hydrogens is 452 g/mol. The van der Waals surface area contributed by atoms with Gasteiger partial charge in [0.15, 0.2) is 0 Å². The van der Waals surface area contributed by atoms with E-state index in [1.54, 1.807) is 12.3 Å². The van der Waals surface area contributed by atoms with Gasteiger partial charge in [-0.2, -0.15) is 5.26 Å². The third-order valence-corrected chi connectivity index (χ3v) is 6.75. The van der Waals surface area contributed by atoms with Crippen LogP contribution in [0.5, 0.6) is 11.5 Å². The molecule has 0 spiro atoms. The van der Waals surface area contributed by atoms with Gasteiger partial charge in [-0.3, -0.25) is 4.79 Å². The van der Waals surface area contributed by atoms with Gasteiger partial charge in [0.25, 0.3) is 5.92 Å². The number of Topliss-reactive ketones (excluding diaryl/α,β-unsaturated/α-hetero) is 1. The van der Waals surface area contributed by atoms with Gasteiger partial charge in [-0.15, -0.1) is 0 Å². The zero-order valence-electron chi connectivity index (χ0n) is 20.1. The fourth-order valence-corrected chi connectivity index (χ4v) is 4.29. The predicted molar refractivity (Wildman–Crippen MR) is 128 cm³/mol. The van der Waals surface area contributed by atoms with Crippen molar-refractivity contribution in [2.45, 2.75) is 57.5 Å².